The molecule has 7 nitrogen and oxygen atoms in total. The second kappa shape index (κ2) is 8.20. The van der Waals surface area contributed by atoms with Crippen LogP contribution in [-0.2, 0) is 11.8 Å². The van der Waals surface area contributed by atoms with Crippen molar-refractivity contribution in [3.63, 3.8) is 0 Å². The third-order valence-electron chi connectivity index (χ3n) is 3.55. The van der Waals surface area contributed by atoms with Gasteiger partial charge in [-0.1, -0.05) is 35.5 Å². The molecule has 0 saturated heterocycles. The Hall–Kier alpha value is -2.58. The van der Waals surface area contributed by atoms with Gasteiger partial charge in [0.15, 0.2) is 16.1 Å². The van der Waals surface area contributed by atoms with Crippen molar-refractivity contribution >= 4 is 35.0 Å². The SMILES string of the molecule is COc1ccccc1-c1nnc(SCC(=O)Nc2cccnc2Cl)n1C. The van der Waals surface area contributed by atoms with Gasteiger partial charge in [0.1, 0.15) is 5.75 Å². The smallest absolute Gasteiger partial charge is 0.234 e. The molecule has 0 bridgehead atoms. The lowest BCUT2D eigenvalue weighted by Gasteiger charge is -2.08. The summed E-state index contributed by atoms with van der Waals surface area (Å²) >= 11 is 7.22. The van der Waals surface area contributed by atoms with Gasteiger partial charge in [0.05, 0.1) is 24.1 Å². The summed E-state index contributed by atoms with van der Waals surface area (Å²) in [5, 5.41) is 12.0. The van der Waals surface area contributed by atoms with Crippen molar-refractivity contribution in [1.82, 2.24) is 19.7 Å². The molecule has 2 aromatic heterocycles. The van der Waals surface area contributed by atoms with Crippen molar-refractivity contribution in [2.75, 3.05) is 18.2 Å². The van der Waals surface area contributed by atoms with Gasteiger partial charge in [-0.15, -0.1) is 10.2 Å². The second-order valence-electron chi connectivity index (χ2n) is 5.24. The zero-order valence-electron chi connectivity index (χ0n) is 14.1. The van der Waals surface area contributed by atoms with Crippen molar-refractivity contribution in [2.24, 2.45) is 7.05 Å². The van der Waals surface area contributed by atoms with Crippen LogP contribution in [0.2, 0.25) is 5.15 Å². The van der Waals surface area contributed by atoms with Crippen LogP contribution in [0.1, 0.15) is 0 Å². The number of ether oxygens (including phenoxy) is 1. The maximum Gasteiger partial charge on any atom is 0.234 e. The topological polar surface area (TPSA) is 81.9 Å². The Balaban J connectivity index is 1.69. The molecule has 0 aliphatic heterocycles. The summed E-state index contributed by atoms with van der Waals surface area (Å²) in [5.74, 6) is 1.35. The van der Waals surface area contributed by atoms with Crippen LogP contribution in [0.3, 0.4) is 0 Å². The summed E-state index contributed by atoms with van der Waals surface area (Å²) in [5.41, 5.74) is 1.32. The highest BCUT2D eigenvalue weighted by atomic mass is 35.5. The highest BCUT2D eigenvalue weighted by Crippen LogP contribution is 2.30. The Morgan fingerprint density at radius 1 is 1.27 bits per heavy atom. The molecule has 3 aromatic rings. The van der Waals surface area contributed by atoms with Crippen molar-refractivity contribution in [1.29, 1.82) is 0 Å². The van der Waals surface area contributed by atoms with Crippen LogP contribution in [0.4, 0.5) is 5.69 Å². The Labute approximate surface area is 159 Å². The molecule has 0 fully saturated rings. The Kier molecular flexibility index (Phi) is 5.75. The molecule has 0 spiro atoms. The molecule has 1 N–H and O–H groups in total. The van der Waals surface area contributed by atoms with E-state index in [0.717, 1.165) is 5.56 Å². The van der Waals surface area contributed by atoms with Gasteiger partial charge in [-0.05, 0) is 24.3 Å². The Morgan fingerprint density at radius 2 is 2.08 bits per heavy atom. The number of thioether (sulfide) groups is 1. The number of rotatable bonds is 6. The number of carbonyl (C=O) groups excluding carboxylic acids is 1. The van der Waals surface area contributed by atoms with Crippen LogP contribution in [-0.4, -0.2) is 38.5 Å². The maximum atomic E-state index is 12.1. The number of amides is 1. The highest BCUT2D eigenvalue weighted by Gasteiger charge is 2.16. The molecule has 1 amide bonds. The first-order valence-electron chi connectivity index (χ1n) is 7.66. The molecule has 26 heavy (non-hydrogen) atoms. The molecule has 2 heterocycles. The van der Waals surface area contributed by atoms with Gasteiger partial charge in [-0.2, -0.15) is 0 Å². The zero-order valence-corrected chi connectivity index (χ0v) is 15.7. The van der Waals surface area contributed by atoms with Gasteiger partial charge in [0.25, 0.3) is 0 Å². The molecule has 9 heteroatoms. The maximum absolute atomic E-state index is 12.1. The van der Waals surface area contributed by atoms with E-state index in [1.165, 1.54) is 11.8 Å². The molecule has 1 aromatic carbocycles. The Bertz CT molecular complexity index is 931. The number of hydrogen-bond acceptors (Lipinski definition) is 6. The normalized spacial score (nSPS) is 10.6. The molecular weight excluding hydrogens is 374 g/mol. The number of hydrogen-bond donors (Lipinski definition) is 1. The lowest BCUT2D eigenvalue weighted by Crippen LogP contribution is -2.15. The molecule has 0 atom stereocenters. The fourth-order valence-electron chi connectivity index (χ4n) is 2.30. The van der Waals surface area contributed by atoms with Gasteiger partial charge in [0, 0.05) is 13.2 Å². The van der Waals surface area contributed by atoms with E-state index in [1.54, 1.807) is 25.4 Å². The van der Waals surface area contributed by atoms with Crippen molar-refractivity contribution < 1.29 is 9.53 Å². The predicted molar refractivity (Wildman–Crippen MR) is 102 cm³/mol. The van der Waals surface area contributed by atoms with Crippen LogP contribution >= 0.6 is 23.4 Å². The first-order chi connectivity index (χ1) is 12.6. The number of carbonyl (C=O) groups is 1. The van der Waals surface area contributed by atoms with Crippen LogP contribution < -0.4 is 10.1 Å². The summed E-state index contributed by atoms with van der Waals surface area (Å²) in [6.07, 6.45) is 1.56. The highest BCUT2D eigenvalue weighted by molar-refractivity contribution is 7.99. The molecular formula is C17H16ClN5O2S. The van der Waals surface area contributed by atoms with E-state index in [2.05, 4.69) is 20.5 Å². The number of nitrogens with one attached hydrogen (secondary N) is 1. The predicted octanol–water partition coefficient (Wildman–Crippen LogP) is 3.27. The molecule has 0 unspecified atom stereocenters. The average Bonchev–Trinajstić information content (AvgIpc) is 3.02. The van der Waals surface area contributed by atoms with Crippen LogP contribution in [0.25, 0.3) is 11.4 Å². The van der Waals surface area contributed by atoms with E-state index in [9.17, 15) is 4.79 Å². The molecule has 134 valence electrons. The lowest BCUT2D eigenvalue weighted by atomic mass is 10.2. The average molecular weight is 390 g/mol. The van der Waals surface area contributed by atoms with Gasteiger partial charge >= 0.3 is 0 Å². The second-order valence-corrected chi connectivity index (χ2v) is 6.54. The number of aromatic nitrogens is 4. The molecule has 0 aliphatic rings. The summed E-state index contributed by atoms with van der Waals surface area (Å²) < 4.78 is 7.20. The number of nitrogens with zero attached hydrogens (tertiary/aromatic N) is 4. The lowest BCUT2D eigenvalue weighted by molar-refractivity contribution is -0.113. The summed E-state index contributed by atoms with van der Waals surface area (Å²) in [4.78, 5) is 16.1. The first-order valence-corrected chi connectivity index (χ1v) is 9.02. The summed E-state index contributed by atoms with van der Waals surface area (Å²) in [7, 11) is 3.46. The van der Waals surface area contributed by atoms with Gasteiger partial charge in [-0.3, -0.25) is 4.79 Å². The fraction of sp³-hybridized carbons (Fsp3) is 0.176. The molecule has 0 aliphatic carbocycles. The Morgan fingerprint density at radius 3 is 2.85 bits per heavy atom. The van der Waals surface area contributed by atoms with E-state index in [1.807, 2.05) is 35.9 Å². The quantitative estimate of drug-likeness (QED) is 0.514. The number of methoxy groups -OCH3 is 1. The first kappa shape index (κ1) is 18.2. The van der Waals surface area contributed by atoms with Crippen LogP contribution in [0.15, 0.2) is 47.8 Å². The number of pyridine rings is 1. The van der Waals surface area contributed by atoms with E-state index in [0.29, 0.717) is 22.4 Å². The van der Waals surface area contributed by atoms with Crippen LogP contribution in [0, 0.1) is 0 Å². The molecule has 3 rings (SSSR count). The third kappa shape index (κ3) is 3.97. The van der Waals surface area contributed by atoms with Crippen LogP contribution in [0.5, 0.6) is 5.75 Å². The monoisotopic (exact) mass is 389 g/mol. The minimum Gasteiger partial charge on any atom is -0.496 e. The van der Waals surface area contributed by atoms with E-state index < -0.39 is 0 Å². The van der Waals surface area contributed by atoms with E-state index in [-0.39, 0.29) is 16.8 Å². The number of anilines is 1. The fourth-order valence-corrected chi connectivity index (χ4v) is 3.18. The largest absolute Gasteiger partial charge is 0.496 e. The number of halogens is 1. The zero-order chi connectivity index (χ0) is 18.5. The third-order valence-corrected chi connectivity index (χ3v) is 4.87. The van der Waals surface area contributed by atoms with Gasteiger partial charge in [-0.25, -0.2) is 4.98 Å². The van der Waals surface area contributed by atoms with Crippen molar-refractivity contribution in [3.8, 4) is 17.1 Å². The minimum atomic E-state index is -0.202. The minimum absolute atomic E-state index is 0.170. The summed E-state index contributed by atoms with van der Waals surface area (Å²) in [6.45, 7) is 0. The standard InChI is InChI=1S/C17H16ClN5O2S/c1-23-16(11-6-3-4-8-13(11)25-2)21-22-17(23)26-10-14(24)20-12-7-5-9-19-15(12)18/h3-9H,10H2,1-2H3,(H,20,24). The summed E-state index contributed by atoms with van der Waals surface area (Å²) in [6, 6.07) is 11.0. The van der Waals surface area contributed by atoms with E-state index in [4.69, 9.17) is 16.3 Å². The van der Waals surface area contributed by atoms with Gasteiger partial charge < -0.3 is 14.6 Å². The molecule has 0 saturated carbocycles. The number of para-hydroxylation sites is 1. The van der Waals surface area contributed by atoms with Crippen molar-refractivity contribution in [2.45, 2.75) is 5.16 Å². The van der Waals surface area contributed by atoms with Gasteiger partial charge in [0.2, 0.25) is 5.91 Å². The van der Waals surface area contributed by atoms with Crippen molar-refractivity contribution in [3.05, 3.63) is 47.7 Å². The van der Waals surface area contributed by atoms with E-state index >= 15 is 0 Å². The molecule has 0 radical (unpaired) electrons. The number of benzene rings is 1.